The van der Waals surface area contributed by atoms with Crippen LogP contribution in [0.5, 0.6) is 0 Å². The van der Waals surface area contributed by atoms with Gasteiger partial charge in [-0.05, 0) is 18.2 Å². The third-order valence-electron chi connectivity index (χ3n) is 2.03. The van der Waals surface area contributed by atoms with E-state index in [1.807, 2.05) is 6.07 Å². The van der Waals surface area contributed by atoms with Crippen molar-refractivity contribution in [1.29, 1.82) is 0 Å². The molecule has 0 aliphatic heterocycles. The summed E-state index contributed by atoms with van der Waals surface area (Å²) in [7, 11) is 0. The normalized spacial score (nSPS) is 10.4. The summed E-state index contributed by atoms with van der Waals surface area (Å²) >= 11 is 1.30. The molecule has 0 aliphatic carbocycles. The van der Waals surface area contributed by atoms with Gasteiger partial charge in [0.1, 0.15) is 10.8 Å². The van der Waals surface area contributed by atoms with Crippen LogP contribution in [-0.2, 0) is 5.75 Å². The Hall–Kier alpha value is -1.95. The quantitative estimate of drug-likeness (QED) is 0.809. The van der Waals surface area contributed by atoms with Crippen molar-refractivity contribution in [1.82, 2.24) is 4.98 Å². The Kier molecular flexibility index (Phi) is 3.34. The highest BCUT2D eigenvalue weighted by Gasteiger charge is 2.13. The number of aromatic nitrogens is 1. The number of hydrogen-bond donors (Lipinski definition) is 2. The van der Waals surface area contributed by atoms with Gasteiger partial charge in [0.2, 0.25) is 0 Å². The van der Waals surface area contributed by atoms with Crippen LogP contribution in [-0.4, -0.2) is 16.1 Å². The van der Waals surface area contributed by atoms with Crippen molar-refractivity contribution in [2.24, 2.45) is 0 Å². The van der Waals surface area contributed by atoms with Crippen molar-refractivity contribution in [3.05, 3.63) is 42.0 Å². The van der Waals surface area contributed by atoms with Gasteiger partial charge < -0.3 is 15.3 Å². The third-order valence-corrected chi connectivity index (χ3v) is 3.06. The SMILES string of the molecule is Nc1cnc(SCc2ccco2)c(C(=O)O)c1. The Labute approximate surface area is 102 Å². The molecule has 3 N–H and O–H groups in total. The van der Waals surface area contributed by atoms with Crippen molar-refractivity contribution >= 4 is 23.4 Å². The van der Waals surface area contributed by atoms with Crippen molar-refractivity contribution in [3.8, 4) is 0 Å². The van der Waals surface area contributed by atoms with E-state index < -0.39 is 5.97 Å². The molecule has 0 fully saturated rings. The first-order chi connectivity index (χ1) is 8.16. The zero-order chi connectivity index (χ0) is 12.3. The zero-order valence-corrected chi connectivity index (χ0v) is 9.61. The highest BCUT2D eigenvalue weighted by atomic mass is 32.2. The first kappa shape index (κ1) is 11.5. The van der Waals surface area contributed by atoms with E-state index in [1.54, 1.807) is 12.3 Å². The van der Waals surface area contributed by atoms with Crippen LogP contribution in [0.1, 0.15) is 16.1 Å². The van der Waals surface area contributed by atoms with Crippen LogP contribution in [0.2, 0.25) is 0 Å². The predicted octanol–water partition coefficient (Wildman–Crippen LogP) is 2.25. The van der Waals surface area contributed by atoms with Gasteiger partial charge in [0.25, 0.3) is 0 Å². The molecular weight excluding hydrogens is 240 g/mol. The number of aromatic carboxylic acids is 1. The number of anilines is 1. The summed E-state index contributed by atoms with van der Waals surface area (Å²) in [5, 5.41) is 9.45. The van der Waals surface area contributed by atoms with Crippen LogP contribution >= 0.6 is 11.8 Å². The van der Waals surface area contributed by atoms with Gasteiger partial charge in [-0.1, -0.05) is 11.8 Å². The molecule has 2 heterocycles. The van der Waals surface area contributed by atoms with E-state index in [2.05, 4.69) is 4.98 Å². The Morgan fingerprint density at radius 3 is 3.06 bits per heavy atom. The number of rotatable bonds is 4. The second-order valence-corrected chi connectivity index (χ2v) is 4.26. The lowest BCUT2D eigenvalue weighted by molar-refractivity contribution is 0.0692. The van der Waals surface area contributed by atoms with Crippen LogP contribution in [0, 0.1) is 0 Å². The molecule has 88 valence electrons. The van der Waals surface area contributed by atoms with Crippen LogP contribution in [0.15, 0.2) is 40.1 Å². The molecule has 17 heavy (non-hydrogen) atoms. The standard InChI is InChI=1S/C11H10N2O3S/c12-7-4-9(11(14)15)10(13-5-7)17-6-8-2-1-3-16-8/h1-5H,6,12H2,(H,14,15). The topological polar surface area (TPSA) is 89.4 Å². The van der Waals surface area contributed by atoms with Crippen LogP contribution in [0.3, 0.4) is 0 Å². The number of furan rings is 1. The lowest BCUT2D eigenvalue weighted by atomic mass is 10.3. The maximum Gasteiger partial charge on any atom is 0.338 e. The zero-order valence-electron chi connectivity index (χ0n) is 8.79. The first-order valence-electron chi connectivity index (χ1n) is 4.81. The average molecular weight is 250 g/mol. The molecule has 0 unspecified atom stereocenters. The van der Waals surface area contributed by atoms with Crippen molar-refractivity contribution in [3.63, 3.8) is 0 Å². The molecule has 0 spiro atoms. The third kappa shape index (κ3) is 2.79. The van der Waals surface area contributed by atoms with Crippen molar-refractivity contribution in [2.45, 2.75) is 10.8 Å². The number of nitrogen functional groups attached to an aromatic ring is 1. The molecule has 0 aliphatic rings. The molecule has 6 heteroatoms. The average Bonchev–Trinajstić information content (AvgIpc) is 2.80. The molecule has 0 aromatic carbocycles. The molecule has 0 bridgehead atoms. The summed E-state index contributed by atoms with van der Waals surface area (Å²) in [6.07, 6.45) is 3.02. The summed E-state index contributed by atoms with van der Waals surface area (Å²) < 4.78 is 5.16. The van der Waals surface area contributed by atoms with Crippen molar-refractivity contribution < 1.29 is 14.3 Å². The van der Waals surface area contributed by atoms with Gasteiger partial charge in [-0.25, -0.2) is 9.78 Å². The van der Waals surface area contributed by atoms with Crippen LogP contribution in [0.25, 0.3) is 0 Å². The molecule has 0 amide bonds. The Bertz CT molecular complexity index is 526. The lowest BCUT2D eigenvalue weighted by Gasteiger charge is -2.04. The first-order valence-corrected chi connectivity index (χ1v) is 5.79. The lowest BCUT2D eigenvalue weighted by Crippen LogP contribution is -2.02. The summed E-state index contributed by atoms with van der Waals surface area (Å²) in [6.45, 7) is 0. The largest absolute Gasteiger partial charge is 0.478 e. The molecule has 0 radical (unpaired) electrons. The van der Waals surface area contributed by atoms with E-state index >= 15 is 0 Å². The van der Waals surface area contributed by atoms with E-state index in [1.165, 1.54) is 24.0 Å². The van der Waals surface area contributed by atoms with Gasteiger partial charge in [-0.15, -0.1) is 0 Å². The number of carbonyl (C=O) groups is 1. The highest BCUT2D eigenvalue weighted by molar-refractivity contribution is 7.98. The Morgan fingerprint density at radius 1 is 1.59 bits per heavy atom. The van der Waals surface area contributed by atoms with Gasteiger partial charge in [0, 0.05) is 0 Å². The second-order valence-electron chi connectivity index (χ2n) is 3.29. The predicted molar refractivity (Wildman–Crippen MR) is 63.9 cm³/mol. The number of nitrogens with zero attached hydrogens (tertiary/aromatic N) is 1. The number of carboxylic acids is 1. The van der Waals surface area contributed by atoms with Crippen LogP contribution < -0.4 is 5.73 Å². The minimum atomic E-state index is -1.04. The molecule has 5 nitrogen and oxygen atoms in total. The number of carboxylic acid groups (broad SMARTS) is 1. The molecule has 2 rings (SSSR count). The highest BCUT2D eigenvalue weighted by Crippen LogP contribution is 2.25. The summed E-state index contributed by atoms with van der Waals surface area (Å²) in [6, 6.07) is 5.01. The Morgan fingerprint density at radius 2 is 2.41 bits per heavy atom. The fourth-order valence-electron chi connectivity index (χ4n) is 1.27. The molecule has 2 aromatic heterocycles. The number of hydrogen-bond acceptors (Lipinski definition) is 5. The van der Waals surface area contributed by atoms with Crippen LogP contribution in [0.4, 0.5) is 5.69 Å². The van der Waals surface area contributed by atoms with Crippen molar-refractivity contribution in [2.75, 3.05) is 5.73 Å². The van der Waals surface area contributed by atoms with Gasteiger partial charge in [0.05, 0.1) is 29.5 Å². The summed E-state index contributed by atoms with van der Waals surface area (Å²) in [5.74, 6) is 0.265. The van der Waals surface area contributed by atoms with E-state index in [0.717, 1.165) is 5.76 Å². The Balaban J connectivity index is 2.17. The monoisotopic (exact) mass is 250 g/mol. The maximum absolute atomic E-state index is 11.0. The summed E-state index contributed by atoms with van der Waals surface area (Å²) in [4.78, 5) is 15.0. The van der Waals surface area contributed by atoms with Gasteiger partial charge >= 0.3 is 5.97 Å². The number of pyridine rings is 1. The molecular formula is C11H10N2O3S. The number of nitrogens with two attached hydrogens (primary N) is 1. The minimum Gasteiger partial charge on any atom is -0.478 e. The summed E-state index contributed by atoms with van der Waals surface area (Å²) in [5.41, 5.74) is 5.95. The maximum atomic E-state index is 11.0. The fraction of sp³-hybridized carbons (Fsp3) is 0.0909. The minimum absolute atomic E-state index is 0.113. The molecule has 0 atom stereocenters. The van der Waals surface area contributed by atoms with E-state index in [9.17, 15) is 4.79 Å². The number of thioether (sulfide) groups is 1. The molecule has 0 saturated heterocycles. The van der Waals surface area contributed by atoms with E-state index in [4.69, 9.17) is 15.3 Å². The van der Waals surface area contributed by atoms with Gasteiger partial charge in [-0.3, -0.25) is 0 Å². The molecule has 2 aromatic rings. The van der Waals surface area contributed by atoms with Gasteiger partial charge in [-0.2, -0.15) is 0 Å². The van der Waals surface area contributed by atoms with E-state index in [0.29, 0.717) is 16.5 Å². The fourth-order valence-corrected chi connectivity index (χ4v) is 2.14. The smallest absolute Gasteiger partial charge is 0.338 e. The second kappa shape index (κ2) is 4.92. The molecule has 0 saturated carbocycles. The van der Waals surface area contributed by atoms with E-state index in [-0.39, 0.29) is 5.56 Å². The van der Waals surface area contributed by atoms with Gasteiger partial charge in [0.15, 0.2) is 0 Å².